The Kier molecular flexibility index (Phi) is 11.2. The molecule has 2 unspecified atom stereocenters. The van der Waals surface area contributed by atoms with E-state index in [4.69, 9.17) is 4.74 Å². The number of carbonyl (C=O) groups is 1. The Morgan fingerprint density at radius 2 is 1.75 bits per heavy atom. The SMILES string of the molecule is CC(C)[C@]1(C(=O)NCc2cc(C(F)(F)F)cc(C(F)(F)F)c2)CC[C@@H](NC2CCOCC2n2cnnn2)C1.Cl.Cl. The van der Waals surface area contributed by atoms with Crippen molar-refractivity contribution in [3.63, 3.8) is 0 Å². The van der Waals surface area contributed by atoms with E-state index < -0.39 is 35.4 Å². The summed E-state index contributed by atoms with van der Waals surface area (Å²) < 4.78 is 86.5. The van der Waals surface area contributed by atoms with E-state index >= 15 is 0 Å². The van der Waals surface area contributed by atoms with E-state index in [2.05, 4.69) is 26.2 Å². The maximum Gasteiger partial charge on any atom is 0.416 e. The van der Waals surface area contributed by atoms with Gasteiger partial charge in [-0.1, -0.05) is 13.8 Å². The lowest BCUT2D eigenvalue weighted by molar-refractivity contribution is -0.143. The third-order valence-corrected chi connectivity index (χ3v) is 7.69. The standard InChI is InChI=1S/C24H30F6N6O2.2ClH/c1-14(2)22(5-3-18(10-22)33-19-4-6-38-12-20(19)36-13-32-34-35-36)21(37)31-11-15-7-16(23(25,26)27)9-17(8-15)24(28,29)30;;/h7-9,13-14,18-20,33H,3-6,10-12H2,1-2H3,(H,31,37);2*1H/t18-,19?,20?,22+;;/m1../s1. The molecule has 226 valence electrons. The van der Waals surface area contributed by atoms with Crippen molar-refractivity contribution in [3.8, 4) is 0 Å². The molecule has 8 nitrogen and oxygen atoms in total. The molecule has 2 fully saturated rings. The van der Waals surface area contributed by atoms with Gasteiger partial charge in [-0.05, 0) is 65.8 Å². The summed E-state index contributed by atoms with van der Waals surface area (Å²) in [6.07, 6.45) is -5.96. The van der Waals surface area contributed by atoms with Crippen molar-refractivity contribution in [2.24, 2.45) is 11.3 Å². The van der Waals surface area contributed by atoms with Crippen LogP contribution in [0.1, 0.15) is 62.3 Å². The van der Waals surface area contributed by atoms with Gasteiger partial charge in [0.2, 0.25) is 5.91 Å². The Hall–Kier alpha value is -2.16. The lowest BCUT2D eigenvalue weighted by Gasteiger charge is -2.35. The number of nitrogens with zero attached hydrogens (tertiary/aromatic N) is 4. The number of aromatic nitrogens is 4. The van der Waals surface area contributed by atoms with Crippen molar-refractivity contribution in [1.82, 2.24) is 30.8 Å². The first-order valence-electron chi connectivity index (χ1n) is 12.4. The zero-order valence-electron chi connectivity index (χ0n) is 21.8. The summed E-state index contributed by atoms with van der Waals surface area (Å²) in [5, 5.41) is 17.6. The fourth-order valence-corrected chi connectivity index (χ4v) is 5.49. The summed E-state index contributed by atoms with van der Waals surface area (Å²) in [6.45, 7) is 4.34. The van der Waals surface area contributed by atoms with Gasteiger partial charge < -0.3 is 15.4 Å². The van der Waals surface area contributed by atoms with Gasteiger partial charge >= 0.3 is 12.4 Å². The molecule has 40 heavy (non-hydrogen) atoms. The van der Waals surface area contributed by atoms with E-state index in [0.29, 0.717) is 44.6 Å². The number of amides is 1. The van der Waals surface area contributed by atoms with E-state index in [0.717, 1.165) is 6.42 Å². The number of alkyl halides is 6. The fraction of sp³-hybridized carbons (Fsp3) is 0.667. The number of carbonyl (C=O) groups excluding carboxylic acids is 1. The van der Waals surface area contributed by atoms with Gasteiger partial charge in [-0.15, -0.1) is 29.9 Å². The molecule has 16 heteroatoms. The zero-order chi connectivity index (χ0) is 27.7. The molecule has 1 saturated carbocycles. The lowest BCUT2D eigenvalue weighted by Crippen LogP contribution is -2.49. The van der Waals surface area contributed by atoms with Crippen LogP contribution in [0.15, 0.2) is 24.5 Å². The Balaban J connectivity index is 0.00000280. The Bertz CT molecular complexity index is 1090. The number of tetrazole rings is 1. The van der Waals surface area contributed by atoms with Crippen LogP contribution < -0.4 is 10.6 Å². The summed E-state index contributed by atoms with van der Waals surface area (Å²) in [4.78, 5) is 13.4. The number of hydrogen-bond donors (Lipinski definition) is 2. The minimum Gasteiger partial charge on any atom is -0.379 e. The van der Waals surface area contributed by atoms with Crippen LogP contribution in [0.25, 0.3) is 0 Å². The van der Waals surface area contributed by atoms with Crippen molar-refractivity contribution in [2.45, 2.75) is 76.6 Å². The highest BCUT2D eigenvalue weighted by Gasteiger charge is 2.48. The zero-order valence-corrected chi connectivity index (χ0v) is 23.4. The van der Waals surface area contributed by atoms with E-state index in [1.807, 2.05) is 13.8 Å². The van der Waals surface area contributed by atoms with Crippen molar-refractivity contribution >= 4 is 30.7 Å². The second-order valence-corrected chi connectivity index (χ2v) is 10.3. The monoisotopic (exact) mass is 620 g/mol. The quantitative estimate of drug-likeness (QED) is 0.424. The van der Waals surface area contributed by atoms with Crippen LogP contribution >= 0.6 is 24.8 Å². The van der Waals surface area contributed by atoms with Gasteiger partial charge in [-0.2, -0.15) is 26.3 Å². The number of benzene rings is 1. The summed E-state index contributed by atoms with van der Waals surface area (Å²) in [7, 11) is 0. The van der Waals surface area contributed by atoms with Crippen LogP contribution in [-0.2, 0) is 28.4 Å². The molecule has 2 N–H and O–H groups in total. The molecule has 0 bridgehead atoms. The van der Waals surface area contributed by atoms with Crippen molar-refractivity contribution < 1.29 is 35.9 Å². The number of halogens is 8. The van der Waals surface area contributed by atoms with Gasteiger partial charge in [0.1, 0.15) is 6.33 Å². The fourth-order valence-electron chi connectivity index (χ4n) is 5.49. The predicted molar refractivity (Wildman–Crippen MR) is 137 cm³/mol. The molecule has 4 atom stereocenters. The molecule has 2 aromatic rings. The van der Waals surface area contributed by atoms with Gasteiger partial charge in [-0.25, -0.2) is 4.68 Å². The molecule has 1 amide bonds. The minimum atomic E-state index is -4.95. The molecular formula is C24H32Cl2F6N6O2. The maximum absolute atomic E-state index is 13.4. The van der Waals surface area contributed by atoms with Crippen LogP contribution in [0.2, 0.25) is 0 Å². The molecule has 1 aliphatic heterocycles. The molecule has 4 rings (SSSR count). The Labute approximate surface area is 239 Å². The second-order valence-electron chi connectivity index (χ2n) is 10.3. The van der Waals surface area contributed by atoms with Crippen LogP contribution in [-0.4, -0.2) is 51.4 Å². The first kappa shape index (κ1) is 34.0. The first-order chi connectivity index (χ1) is 17.8. The van der Waals surface area contributed by atoms with Gasteiger partial charge in [0.25, 0.3) is 0 Å². The van der Waals surface area contributed by atoms with E-state index in [9.17, 15) is 31.1 Å². The van der Waals surface area contributed by atoms with Gasteiger partial charge in [0.15, 0.2) is 0 Å². The lowest BCUT2D eigenvalue weighted by atomic mass is 9.74. The van der Waals surface area contributed by atoms with Gasteiger partial charge in [0, 0.05) is 25.2 Å². The van der Waals surface area contributed by atoms with E-state index in [1.54, 1.807) is 4.68 Å². The maximum atomic E-state index is 13.4. The van der Waals surface area contributed by atoms with Crippen LogP contribution in [0.3, 0.4) is 0 Å². The molecule has 1 aromatic heterocycles. The average molecular weight is 621 g/mol. The third kappa shape index (κ3) is 7.56. The number of nitrogens with one attached hydrogen (secondary N) is 2. The van der Waals surface area contributed by atoms with Gasteiger partial charge in [-0.3, -0.25) is 4.79 Å². The molecule has 1 aromatic carbocycles. The summed E-state index contributed by atoms with van der Waals surface area (Å²) in [5.41, 5.74) is -3.90. The highest BCUT2D eigenvalue weighted by molar-refractivity contribution is 5.85. The molecule has 1 saturated heterocycles. The average Bonchev–Trinajstić information content (AvgIpc) is 3.53. The van der Waals surface area contributed by atoms with Gasteiger partial charge in [0.05, 0.1) is 29.2 Å². The molecule has 1 aliphatic carbocycles. The van der Waals surface area contributed by atoms with E-state index in [-0.39, 0.29) is 66.4 Å². The van der Waals surface area contributed by atoms with E-state index in [1.165, 1.54) is 6.33 Å². The first-order valence-corrected chi connectivity index (χ1v) is 12.4. The van der Waals surface area contributed by atoms with Crippen molar-refractivity contribution in [2.75, 3.05) is 13.2 Å². The summed E-state index contributed by atoms with van der Waals surface area (Å²) in [6, 6.07) is 1.23. The second kappa shape index (κ2) is 13.2. The molecule has 0 radical (unpaired) electrons. The number of hydrogen-bond acceptors (Lipinski definition) is 6. The van der Waals surface area contributed by atoms with Crippen molar-refractivity contribution in [1.29, 1.82) is 0 Å². The highest BCUT2D eigenvalue weighted by Crippen LogP contribution is 2.45. The molecular weight excluding hydrogens is 589 g/mol. The Morgan fingerprint density at radius 3 is 2.30 bits per heavy atom. The Morgan fingerprint density at radius 1 is 1.10 bits per heavy atom. The molecule has 2 heterocycles. The van der Waals surface area contributed by atoms with Crippen molar-refractivity contribution in [3.05, 3.63) is 41.2 Å². The molecule has 2 aliphatic rings. The topological polar surface area (TPSA) is 94.0 Å². The minimum absolute atomic E-state index is 0. The highest BCUT2D eigenvalue weighted by atomic mass is 35.5. The molecule has 0 spiro atoms. The normalized spacial score (nSPS) is 25.3. The summed E-state index contributed by atoms with van der Waals surface area (Å²) >= 11 is 0. The third-order valence-electron chi connectivity index (χ3n) is 7.69. The number of rotatable bonds is 7. The number of ether oxygens (including phenoxy) is 1. The predicted octanol–water partition coefficient (Wildman–Crippen LogP) is 4.99. The van der Waals surface area contributed by atoms with Crippen LogP contribution in [0, 0.1) is 11.3 Å². The largest absolute Gasteiger partial charge is 0.416 e. The van der Waals surface area contributed by atoms with Crippen LogP contribution in [0.4, 0.5) is 26.3 Å². The smallest absolute Gasteiger partial charge is 0.379 e. The summed E-state index contributed by atoms with van der Waals surface area (Å²) in [5.74, 6) is -0.488. The van der Waals surface area contributed by atoms with Crippen LogP contribution in [0.5, 0.6) is 0 Å².